The van der Waals surface area contributed by atoms with Gasteiger partial charge in [-0.15, -0.1) is 0 Å². The Labute approximate surface area is 70.8 Å². The number of ether oxygens (including phenoxy) is 1. The largest absolute Gasteiger partial charge is 0.425 e. The fourth-order valence-corrected chi connectivity index (χ4v) is 0.829. The molecule has 3 heteroatoms. The summed E-state index contributed by atoms with van der Waals surface area (Å²) in [6.07, 6.45) is 0. The first-order valence-corrected chi connectivity index (χ1v) is 3.47. The topological polar surface area (TPSA) is 38.7 Å². The van der Waals surface area contributed by atoms with Gasteiger partial charge in [0.25, 0.3) is 0 Å². The molecule has 1 rings (SSSR count). The van der Waals surface area contributed by atoms with Crippen molar-refractivity contribution >= 4 is 0 Å². The molecule has 0 aromatic heterocycles. The van der Waals surface area contributed by atoms with E-state index in [-0.39, 0.29) is 5.95 Å². The van der Waals surface area contributed by atoms with Gasteiger partial charge in [-0.1, -0.05) is 12.1 Å². The van der Waals surface area contributed by atoms with Crippen molar-refractivity contribution < 1.29 is 14.9 Å². The maximum Gasteiger partial charge on any atom is 0.314 e. The molecule has 0 heterocycles. The van der Waals surface area contributed by atoms with Gasteiger partial charge in [0.2, 0.25) is 0 Å². The first-order chi connectivity index (χ1) is 5.72. The Morgan fingerprint density at radius 1 is 1.50 bits per heavy atom. The quantitative estimate of drug-likeness (QED) is 0.425. The van der Waals surface area contributed by atoms with Gasteiger partial charge >= 0.3 is 5.95 Å². The zero-order valence-corrected chi connectivity index (χ0v) is 6.78. The number of benzene rings is 1. The summed E-state index contributed by atoms with van der Waals surface area (Å²) in [6.45, 7) is 5.24. The van der Waals surface area contributed by atoms with Gasteiger partial charge in [-0.25, -0.2) is 0 Å². The summed E-state index contributed by atoms with van der Waals surface area (Å²) in [5.41, 5.74) is 1.07. The molecular weight excluding hydrogens is 156 g/mol. The molecule has 3 nitrogen and oxygen atoms in total. The summed E-state index contributed by atoms with van der Waals surface area (Å²) < 4.78 is 4.98. The molecule has 0 aliphatic carbocycles. The zero-order valence-electron chi connectivity index (χ0n) is 6.78. The molecule has 0 saturated carbocycles. The van der Waals surface area contributed by atoms with E-state index in [2.05, 4.69) is 11.5 Å². The lowest BCUT2D eigenvalue weighted by Crippen LogP contribution is -1.95. The summed E-state index contributed by atoms with van der Waals surface area (Å²) in [7, 11) is 0. The highest BCUT2D eigenvalue weighted by Crippen LogP contribution is 2.14. The second-order valence-electron chi connectivity index (χ2n) is 2.38. The van der Waals surface area contributed by atoms with Crippen LogP contribution in [-0.2, 0) is 4.89 Å². The average molecular weight is 166 g/mol. The SMILES string of the molecule is C=C(OO)Oc1cccc(C)c1. The molecule has 0 saturated heterocycles. The number of aryl methyl sites for hydroxylation is 1. The summed E-state index contributed by atoms with van der Waals surface area (Å²) in [4.78, 5) is 3.78. The van der Waals surface area contributed by atoms with Crippen LogP contribution in [0.15, 0.2) is 36.8 Å². The predicted octanol–water partition coefficient (Wildman–Crippen LogP) is 2.33. The minimum Gasteiger partial charge on any atom is -0.425 e. The van der Waals surface area contributed by atoms with Crippen LogP contribution in [0.5, 0.6) is 5.75 Å². The molecule has 0 fully saturated rings. The standard InChI is InChI=1S/C9H10O3/c1-7-4-3-5-9(6-7)11-8(2)12-10/h3-6,10H,2H2,1H3. The van der Waals surface area contributed by atoms with Gasteiger partial charge in [-0.2, -0.15) is 5.26 Å². The highest BCUT2D eigenvalue weighted by molar-refractivity contribution is 5.28. The second kappa shape index (κ2) is 3.78. The predicted molar refractivity (Wildman–Crippen MR) is 44.7 cm³/mol. The molecule has 1 aromatic rings. The van der Waals surface area contributed by atoms with Crippen LogP contribution < -0.4 is 4.74 Å². The lowest BCUT2D eigenvalue weighted by Gasteiger charge is -2.04. The van der Waals surface area contributed by atoms with E-state index < -0.39 is 0 Å². The Morgan fingerprint density at radius 2 is 2.25 bits per heavy atom. The van der Waals surface area contributed by atoms with Crippen molar-refractivity contribution in [3.8, 4) is 5.75 Å². The summed E-state index contributed by atoms with van der Waals surface area (Å²) in [6, 6.07) is 7.34. The highest BCUT2D eigenvalue weighted by Gasteiger charge is 1.97. The third-order valence-electron chi connectivity index (χ3n) is 1.32. The second-order valence-corrected chi connectivity index (χ2v) is 2.38. The van der Waals surface area contributed by atoms with E-state index in [0.717, 1.165) is 5.56 Å². The van der Waals surface area contributed by atoms with Gasteiger partial charge in [0.05, 0.1) is 0 Å². The summed E-state index contributed by atoms with van der Waals surface area (Å²) in [5, 5.41) is 8.14. The van der Waals surface area contributed by atoms with Gasteiger partial charge < -0.3 is 9.62 Å². The molecule has 1 aromatic carbocycles. The van der Waals surface area contributed by atoms with Crippen LogP contribution in [0, 0.1) is 6.92 Å². The smallest absolute Gasteiger partial charge is 0.314 e. The van der Waals surface area contributed by atoms with Crippen molar-refractivity contribution in [3.63, 3.8) is 0 Å². The van der Waals surface area contributed by atoms with E-state index in [1.165, 1.54) is 0 Å². The first kappa shape index (κ1) is 8.62. The molecule has 12 heavy (non-hydrogen) atoms. The lowest BCUT2D eigenvalue weighted by atomic mass is 10.2. The normalized spacial score (nSPS) is 9.17. The van der Waals surface area contributed by atoms with E-state index in [1.807, 2.05) is 25.1 Å². The Hall–Kier alpha value is -1.48. The van der Waals surface area contributed by atoms with Gasteiger partial charge in [0, 0.05) is 0 Å². The third-order valence-corrected chi connectivity index (χ3v) is 1.32. The van der Waals surface area contributed by atoms with Crippen LogP contribution in [0.4, 0.5) is 0 Å². The van der Waals surface area contributed by atoms with Gasteiger partial charge in [0.1, 0.15) is 5.75 Å². The molecule has 0 unspecified atom stereocenters. The Bertz CT molecular complexity index is 281. The van der Waals surface area contributed by atoms with Gasteiger partial charge in [-0.3, -0.25) is 0 Å². The number of hydrogen-bond acceptors (Lipinski definition) is 3. The highest BCUT2D eigenvalue weighted by atomic mass is 17.1. The molecule has 0 amide bonds. The van der Waals surface area contributed by atoms with Crippen molar-refractivity contribution in [1.29, 1.82) is 0 Å². The minimum atomic E-state index is -0.138. The van der Waals surface area contributed by atoms with Crippen LogP contribution in [0.1, 0.15) is 5.56 Å². The Balaban J connectivity index is 2.69. The van der Waals surface area contributed by atoms with E-state index in [0.29, 0.717) is 5.75 Å². The lowest BCUT2D eigenvalue weighted by molar-refractivity contribution is -0.230. The number of rotatable bonds is 3. The molecule has 0 aliphatic heterocycles. The van der Waals surface area contributed by atoms with Crippen molar-refractivity contribution in [2.24, 2.45) is 0 Å². The van der Waals surface area contributed by atoms with Gasteiger partial charge in [0.15, 0.2) is 0 Å². The van der Waals surface area contributed by atoms with E-state index in [1.54, 1.807) is 6.07 Å². The molecular formula is C9H10O3. The summed E-state index contributed by atoms with van der Waals surface area (Å²) in [5.74, 6) is 0.453. The van der Waals surface area contributed by atoms with E-state index in [9.17, 15) is 0 Å². The molecule has 0 atom stereocenters. The van der Waals surface area contributed by atoms with Crippen LogP contribution >= 0.6 is 0 Å². The van der Waals surface area contributed by atoms with Crippen LogP contribution in [0.25, 0.3) is 0 Å². The molecule has 1 N–H and O–H groups in total. The fraction of sp³-hybridized carbons (Fsp3) is 0.111. The Kier molecular flexibility index (Phi) is 2.71. The van der Waals surface area contributed by atoms with Crippen LogP contribution in [0.2, 0.25) is 0 Å². The monoisotopic (exact) mass is 166 g/mol. The summed E-state index contributed by atoms with van der Waals surface area (Å²) >= 11 is 0. The maximum atomic E-state index is 8.14. The molecule has 0 aliphatic rings. The van der Waals surface area contributed by atoms with Crippen molar-refractivity contribution in [2.75, 3.05) is 0 Å². The molecule has 64 valence electrons. The van der Waals surface area contributed by atoms with Crippen molar-refractivity contribution in [3.05, 3.63) is 42.4 Å². The molecule has 0 spiro atoms. The van der Waals surface area contributed by atoms with Gasteiger partial charge in [-0.05, 0) is 31.2 Å². The average Bonchev–Trinajstić information content (AvgIpc) is 2.04. The third kappa shape index (κ3) is 2.29. The fourth-order valence-electron chi connectivity index (χ4n) is 0.829. The van der Waals surface area contributed by atoms with Crippen molar-refractivity contribution in [1.82, 2.24) is 0 Å². The molecule has 0 bridgehead atoms. The van der Waals surface area contributed by atoms with E-state index >= 15 is 0 Å². The number of hydrogen-bond donors (Lipinski definition) is 1. The van der Waals surface area contributed by atoms with Crippen molar-refractivity contribution in [2.45, 2.75) is 6.92 Å². The Morgan fingerprint density at radius 3 is 2.83 bits per heavy atom. The molecule has 0 radical (unpaired) electrons. The van der Waals surface area contributed by atoms with E-state index in [4.69, 9.17) is 9.99 Å². The zero-order chi connectivity index (χ0) is 8.97. The first-order valence-electron chi connectivity index (χ1n) is 3.47. The minimum absolute atomic E-state index is 0.138. The maximum absolute atomic E-state index is 8.14. The van der Waals surface area contributed by atoms with Crippen LogP contribution in [0.3, 0.4) is 0 Å². The van der Waals surface area contributed by atoms with Crippen LogP contribution in [-0.4, -0.2) is 5.26 Å².